The summed E-state index contributed by atoms with van der Waals surface area (Å²) in [6, 6.07) is -0.627. The highest BCUT2D eigenvalue weighted by molar-refractivity contribution is 5.72. The molecule has 0 aromatic carbocycles. The van der Waals surface area contributed by atoms with Gasteiger partial charge in [-0.05, 0) is 51.4 Å². The summed E-state index contributed by atoms with van der Waals surface area (Å²) in [6.07, 6.45) is 53.9. The van der Waals surface area contributed by atoms with E-state index in [1.807, 2.05) is 33.3 Å². The van der Waals surface area contributed by atoms with Crippen LogP contribution >= 0.6 is 0 Å². The number of unbranched alkanes of at least 4 members (excludes halogenated alkanes) is 16. The van der Waals surface area contributed by atoms with E-state index in [2.05, 4.69) is 74.6 Å². The molecule has 0 spiro atoms. The number of nitrogens with zero attached hydrogens (tertiary/aromatic N) is 1. The van der Waals surface area contributed by atoms with Gasteiger partial charge in [0.05, 0.1) is 34.4 Å². The molecule has 0 aromatic heterocycles. The van der Waals surface area contributed by atoms with E-state index in [0.29, 0.717) is 19.3 Å². The van der Waals surface area contributed by atoms with E-state index in [9.17, 15) is 19.5 Å². The molecule has 0 radical (unpaired) electrons. The molecule has 0 saturated heterocycles. The van der Waals surface area contributed by atoms with Crippen LogP contribution in [-0.2, 0) is 28.6 Å². The Hall–Kier alpha value is -3.23. The zero-order valence-corrected chi connectivity index (χ0v) is 39.1. The van der Waals surface area contributed by atoms with Crippen LogP contribution in [0.4, 0.5) is 0 Å². The number of hydrogen-bond acceptors (Lipinski definition) is 6. The van der Waals surface area contributed by atoms with Crippen molar-refractivity contribution in [1.82, 2.24) is 0 Å². The van der Waals surface area contributed by atoms with Crippen molar-refractivity contribution >= 4 is 17.9 Å². The molecule has 0 heterocycles. The second-order valence-corrected chi connectivity index (χ2v) is 17.0. The molecule has 2 atom stereocenters. The third kappa shape index (κ3) is 40.2. The number of rotatable bonds is 42. The van der Waals surface area contributed by atoms with Crippen LogP contribution in [-0.4, -0.2) is 80.6 Å². The van der Waals surface area contributed by atoms with Crippen LogP contribution in [0.1, 0.15) is 187 Å². The monoisotopic (exact) mass is 841 g/mol. The third-order valence-corrected chi connectivity index (χ3v) is 10.4. The molecule has 60 heavy (non-hydrogen) atoms. The molecule has 8 nitrogen and oxygen atoms in total. The summed E-state index contributed by atoms with van der Waals surface area (Å²) in [5.74, 6) is -1.57. The Kier molecular flexibility index (Phi) is 40.2. The van der Waals surface area contributed by atoms with Crippen LogP contribution in [0.2, 0.25) is 0 Å². The Morgan fingerprint density at radius 2 is 0.933 bits per heavy atom. The lowest BCUT2D eigenvalue weighted by atomic mass is 10.0. The second-order valence-electron chi connectivity index (χ2n) is 17.0. The summed E-state index contributed by atoms with van der Waals surface area (Å²) < 4.78 is 17.2. The minimum atomic E-state index is -0.885. The first-order chi connectivity index (χ1) is 29.1. The number of quaternary nitrogens is 1. The molecular weight excluding hydrogens is 751 g/mol. The molecule has 2 unspecified atom stereocenters. The van der Waals surface area contributed by atoms with Gasteiger partial charge in [-0.25, -0.2) is 4.79 Å². The van der Waals surface area contributed by atoms with Crippen molar-refractivity contribution in [2.45, 2.75) is 199 Å². The second kappa shape index (κ2) is 42.5. The van der Waals surface area contributed by atoms with Crippen LogP contribution in [0.25, 0.3) is 0 Å². The largest absolute Gasteiger partial charge is 0.477 e. The third-order valence-electron chi connectivity index (χ3n) is 10.4. The number of likely N-dealkylation sites (N-methyl/N-ethyl adjacent to an activating group) is 1. The fraction of sp³-hybridized carbons (Fsp3) is 0.712. The number of hydrogen-bond donors (Lipinski definition) is 1. The molecule has 1 N–H and O–H groups in total. The number of aliphatic carboxylic acids is 1. The van der Waals surface area contributed by atoms with E-state index in [0.717, 1.165) is 57.8 Å². The van der Waals surface area contributed by atoms with E-state index in [4.69, 9.17) is 14.2 Å². The quantitative estimate of drug-likeness (QED) is 0.0283. The van der Waals surface area contributed by atoms with Crippen molar-refractivity contribution in [3.8, 4) is 0 Å². The van der Waals surface area contributed by atoms with Gasteiger partial charge >= 0.3 is 17.9 Å². The zero-order chi connectivity index (χ0) is 44.2. The molecular formula is C52H90NO7+. The minimum absolute atomic E-state index is 0.0364. The van der Waals surface area contributed by atoms with Gasteiger partial charge in [-0.3, -0.25) is 9.59 Å². The average molecular weight is 841 g/mol. The highest BCUT2D eigenvalue weighted by Crippen LogP contribution is 2.15. The Morgan fingerprint density at radius 1 is 0.517 bits per heavy atom. The van der Waals surface area contributed by atoms with Gasteiger partial charge < -0.3 is 23.8 Å². The fourth-order valence-corrected chi connectivity index (χ4v) is 6.71. The van der Waals surface area contributed by atoms with E-state index >= 15 is 0 Å². The van der Waals surface area contributed by atoms with Gasteiger partial charge in [-0.1, -0.05) is 189 Å². The first-order valence-electron chi connectivity index (χ1n) is 24.0. The lowest BCUT2D eigenvalue weighted by Crippen LogP contribution is -2.50. The zero-order valence-electron chi connectivity index (χ0n) is 39.1. The van der Waals surface area contributed by atoms with Gasteiger partial charge in [0, 0.05) is 19.3 Å². The molecule has 0 aliphatic rings. The summed E-state index contributed by atoms with van der Waals surface area (Å²) in [5.41, 5.74) is 0. The number of ether oxygens (including phenoxy) is 3. The fourth-order valence-electron chi connectivity index (χ4n) is 6.71. The maximum Gasteiger partial charge on any atom is 0.362 e. The maximum absolute atomic E-state index is 12.8. The van der Waals surface area contributed by atoms with Crippen LogP contribution in [0.5, 0.6) is 0 Å². The van der Waals surface area contributed by atoms with E-state index < -0.39 is 18.1 Å². The Labute approximate surface area is 368 Å². The summed E-state index contributed by atoms with van der Waals surface area (Å²) in [5, 5.41) is 9.64. The number of carboxylic acids is 1. The van der Waals surface area contributed by atoms with Crippen molar-refractivity contribution < 1.29 is 38.2 Å². The highest BCUT2D eigenvalue weighted by atomic mass is 16.6. The van der Waals surface area contributed by atoms with E-state index in [1.165, 1.54) is 89.9 Å². The van der Waals surface area contributed by atoms with E-state index in [-0.39, 0.29) is 42.7 Å². The summed E-state index contributed by atoms with van der Waals surface area (Å²) >= 11 is 0. The van der Waals surface area contributed by atoms with Gasteiger partial charge in [-0.2, -0.15) is 0 Å². The summed E-state index contributed by atoms with van der Waals surface area (Å²) in [4.78, 5) is 37.0. The Morgan fingerprint density at radius 3 is 1.35 bits per heavy atom. The molecule has 0 aliphatic carbocycles. The number of esters is 2. The molecule has 0 aliphatic heterocycles. The van der Waals surface area contributed by atoms with Crippen molar-refractivity contribution in [2.24, 2.45) is 0 Å². The molecule has 8 heteroatoms. The van der Waals surface area contributed by atoms with Crippen LogP contribution < -0.4 is 0 Å². The number of carbonyl (C=O) groups excluding carboxylic acids is 2. The normalized spacial score (nSPS) is 13.6. The topological polar surface area (TPSA) is 99.1 Å². The first kappa shape index (κ1) is 56.8. The minimum Gasteiger partial charge on any atom is -0.477 e. The van der Waals surface area contributed by atoms with Crippen molar-refractivity contribution in [1.29, 1.82) is 0 Å². The van der Waals surface area contributed by atoms with Crippen molar-refractivity contribution in [2.75, 3.05) is 41.0 Å². The Bertz CT molecular complexity index is 1210. The van der Waals surface area contributed by atoms with E-state index in [1.54, 1.807) is 0 Å². The predicted molar refractivity (Wildman–Crippen MR) is 252 cm³/mol. The highest BCUT2D eigenvalue weighted by Gasteiger charge is 2.31. The maximum atomic E-state index is 12.8. The standard InChI is InChI=1S/C52H89NO7/c1-6-8-10-12-14-16-18-20-22-24-25-27-28-30-32-34-36-38-40-42-50(54)59-47-48(46-58-45-44-49(52(56)57)53(3,4)5)60-51(55)43-41-39-37-35-33-31-29-26-23-21-19-17-15-13-11-9-7-2/h8,10,14,16,20,22,25,27,30,32,36,38,48-49H,6-7,9,11-13,15,17-19,21,23-24,26,28-29,31,33-35,37,39-47H2,1-5H3/p+1/b10-8+,16-14+,22-20+,27-25+,32-30+,38-36+. The molecule has 0 bridgehead atoms. The summed E-state index contributed by atoms with van der Waals surface area (Å²) in [6.45, 7) is 4.55. The van der Waals surface area contributed by atoms with Gasteiger partial charge in [0.1, 0.15) is 6.61 Å². The van der Waals surface area contributed by atoms with Gasteiger partial charge in [0.2, 0.25) is 0 Å². The lowest BCUT2D eigenvalue weighted by molar-refractivity contribution is -0.887. The summed E-state index contributed by atoms with van der Waals surface area (Å²) in [7, 11) is 5.51. The SMILES string of the molecule is CC/C=C/C/C=C/C/C=C/C/C=C/C/C=C/C/C=C/CCC(=O)OCC(COCCC(C(=O)O)[N+](C)(C)C)OC(=O)CCCCCCCCCCCCCCCCCCC. The number of carbonyl (C=O) groups is 3. The van der Waals surface area contributed by atoms with Crippen molar-refractivity contribution in [3.63, 3.8) is 0 Å². The lowest BCUT2D eigenvalue weighted by Gasteiger charge is -2.31. The molecule has 344 valence electrons. The molecule has 0 saturated carbocycles. The smallest absolute Gasteiger partial charge is 0.362 e. The number of allylic oxidation sites excluding steroid dienone is 12. The van der Waals surface area contributed by atoms with Gasteiger partial charge in [0.15, 0.2) is 12.1 Å². The first-order valence-corrected chi connectivity index (χ1v) is 24.0. The molecule has 0 rings (SSSR count). The average Bonchev–Trinajstić information content (AvgIpc) is 3.21. The predicted octanol–water partition coefficient (Wildman–Crippen LogP) is 13.5. The van der Waals surface area contributed by atoms with Crippen LogP contribution in [0, 0.1) is 0 Å². The Balaban J connectivity index is 4.41. The van der Waals surface area contributed by atoms with Gasteiger partial charge in [0.25, 0.3) is 0 Å². The van der Waals surface area contributed by atoms with Crippen LogP contribution in [0.15, 0.2) is 72.9 Å². The molecule has 0 amide bonds. The van der Waals surface area contributed by atoms with Crippen LogP contribution in [0.3, 0.4) is 0 Å². The number of carboxylic acid groups (broad SMARTS) is 1. The molecule has 0 aromatic rings. The van der Waals surface area contributed by atoms with Gasteiger partial charge in [-0.15, -0.1) is 0 Å². The molecule has 0 fully saturated rings. The van der Waals surface area contributed by atoms with Crippen molar-refractivity contribution in [3.05, 3.63) is 72.9 Å².